The first-order valence-electron chi connectivity index (χ1n) is 4.29. The van der Waals surface area contributed by atoms with Gasteiger partial charge >= 0.3 is 0 Å². The first kappa shape index (κ1) is 8.63. The van der Waals surface area contributed by atoms with Gasteiger partial charge in [0, 0.05) is 5.92 Å². The van der Waals surface area contributed by atoms with Gasteiger partial charge in [-0.2, -0.15) is 0 Å². The predicted octanol–water partition coefficient (Wildman–Crippen LogP) is 3.13. The smallest absolute Gasteiger partial charge is 0.0882 e. The minimum absolute atomic E-state index is 0.380. The second-order valence-electron chi connectivity index (χ2n) is 4.72. The van der Waals surface area contributed by atoms with E-state index in [4.69, 9.17) is 5.11 Å². The molecule has 0 spiro atoms. The average Bonchev–Trinajstić information content (AvgIpc) is 1.51. The Labute approximate surface area is 69.1 Å². The molecule has 0 saturated heterocycles. The molecule has 0 aliphatic heterocycles. The maximum Gasteiger partial charge on any atom is 0.0882 e. The van der Waals surface area contributed by atoms with Crippen LogP contribution in [-0.2, 0) is 0 Å². The molecule has 64 valence electrons. The molecule has 1 fully saturated rings. The molecule has 0 radical (unpaired) electrons. The molecule has 1 nitrogen and oxygen atoms in total. The molecule has 0 aromatic carbocycles. The molecule has 1 heteroatoms. The van der Waals surface area contributed by atoms with Gasteiger partial charge in [0.25, 0.3) is 0 Å². The first-order chi connectivity index (χ1) is 4.91. The number of hydrogen-bond donors (Lipinski definition) is 1. The van der Waals surface area contributed by atoms with E-state index in [2.05, 4.69) is 27.4 Å². The summed E-state index contributed by atoms with van der Waals surface area (Å²) in [5.74, 6) is 1.54. The van der Waals surface area contributed by atoms with Gasteiger partial charge < -0.3 is 5.11 Å². The summed E-state index contributed by atoms with van der Waals surface area (Å²) in [5, 5.41) is 9.06. The Morgan fingerprint density at radius 1 is 1.36 bits per heavy atom. The predicted molar refractivity (Wildman–Crippen MR) is 47.4 cm³/mol. The van der Waals surface area contributed by atoms with Gasteiger partial charge in [-0.1, -0.05) is 27.4 Å². The van der Waals surface area contributed by atoms with Crippen molar-refractivity contribution in [3.8, 4) is 0 Å². The van der Waals surface area contributed by atoms with Crippen LogP contribution in [0.1, 0.15) is 33.6 Å². The van der Waals surface area contributed by atoms with Crippen LogP contribution >= 0.6 is 0 Å². The molecular formula is C10H18O. The highest BCUT2D eigenvalue weighted by atomic mass is 16.3. The Bertz CT molecular complexity index is 158. The zero-order valence-electron chi connectivity index (χ0n) is 7.72. The fourth-order valence-corrected chi connectivity index (χ4v) is 1.60. The lowest BCUT2D eigenvalue weighted by molar-refractivity contribution is 0.0720. The normalized spacial score (nSPS) is 31.2. The van der Waals surface area contributed by atoms with Crippen LogP contribution in [0.15, 0.2) is 12.3 Å². The fraction of sp³-hybridized carbons (Fsp3) is 0.800. The van der Waals surface area contributed by atoms with Crippen molar-refractivity contribution in [2.45, 2.75) is 33.6 Å². The van der Waals surface area contributed by atoms with Gasteiger partial charge in [-0.05, 0) is 24.2 Å². The highest BCUT2D eigenvalue weighted by molar-refractivity contribution is 5.00. The van der Waals surface area contributed by atoms with Gasteiger partial charge in [-0.25, -0.2) is 0 Å². The number of rotatable bonds is 1. The molecule has 1 rings (SSSR count). The molecule has 0 heterocycles. The van der Waals surface area contributed by atoms with Crippen molar-refractivity contribution >= 4 is 0 Å². The summed E-state index contributed by atoms with van der Waals surface area (Å²) in [6.07, 6.45) is 2.25. The molecule has 0 atom stereocenters. The summed E-state index contributed by atoms with van der Waals surface area (Å²) in [6.45, 7) is 10.3. The van der Waals surface area contributed by atoms with Crippen LogP contribution in [0.3, 0.4) is 0 Å². The van der Waals surface area contributed by atoms with E-state index >= 15 is 0 Å². The molecule has 11 heavy (non-hydrogen) atoms. The summed E-state index contributed by atoms with van der Waals surface area (Å²) in [4.78, 5) is 0. The summed E-state index contributed by atoms with van der Waals surface area (Å²) in [5.41, 5.74) is 0.409. The van der Waals surface area contributed by atoms with E-state index in [0.717, 1.165) is 18.8 Å². The van der Waals surface area contributed by atoms with Crippen LogP contribution < -0.4 is 0 Å². The minimum Gasteiger partial charge on any atom is -0.513 e. The Morgan fingerprint density at radius 2 is 1.82 bits per heavy atom. The van der Waals surface area contributed by atoms with Gasteiger partial charge in [0.15, 0.2) is 0 Å². The van der Waals surface area contributed by atoms with Crippen molar-refractivity contribution in [3.63, 3.8) is 0 Å². The van der Waals surface area contributed by atoms with Crippen LogP contribution in [0.25, 0.3) is 0 Å². The quantitative estimate of drug-likeness (QED) is 0.575. The van der Waals surface area contributed by atoms with Crippen molar-refractivity contribution in [2.24, 2.45) is 17.3 Å². The summed E-state index contributed by atoms with van der Waals surface area (Å²) in [7, 11) is 0. The van der Waals surface area contributed by atoms with Crippen LogP contribution in [0, 0.1) is 17.3 Å². The molecule has 1 aliphatic carbocycles. The molecule has 1 saturated carbocycles. The van der Waals surface area contributed by atoms with E-state index in [0.29, 0.717) is 17.1 Å². The summed E-state index contributed by atoms with van der Waals surface area (Å²) in [6, 6.07) is 0. The summed E-state index contributed by atoms with van der Waals surface area (Å²) >= 11 is 0. The van der Waals surface area contributed by atoms with Crippen molar-refractivity contribution in [2.75, 3.05) is 0 Å². The van der Waals surface area contributed by atoms with Crippen molar-refractivity contribution in [1.29, 1.82) is 0 Å². The molecule has 0 unspecified atom stereocenters. The molecule has 1 aliphatic rings. The fourth-order valence-electron chi connectivity index (χ4n) is 1.60. The Hall–Kier alpha value is -0.460. The monoisotopic (exact) mass is 154 g/mol. The van der Waals surface area contributed by atoms with Gasteiger partial charge in [0.05, 0.1) is 5.76 Å². The van der Waals surface area contributed by atoms with Crippen molar-refractivity contribution in [1.82, 2.24) is 0 Å². The summed E-state index contributed by atoms with van der Waals surface area (Å²) < 4.78 is 0. The lowest BCUT2D eigenvalue weighted by Crippen LogP contribution is -2.34. The first-order valence-corrected chi connectivity index (χ1v) is 4.29. The topological polar surface area (TPSA) is 20.2 Å². The molecule has 0 amide bonds. The second-order valence-corrected chi connectivity index (χ2v) is 4.72. The second kappa shape index (κ2) is 2.54. The average molecular weight is 154 g/mol. The van der Waals surface area contributed by atoms with Gasteiger partial charge in [0.2, 0.25) is 0 Å². The highest BCUT2D eigenvalue weighted by Crippen LogP contribution is 2.46. The van der Waals surface area contributed by atoms with E-state index in [-0.39, 0.29) is 0 Å². The molecule has 0 aromatic rings. The number of allylic oxidation sites excluding steroid dienone is 1. The zero-order valence-corrected chi connectivity index (χ0v) is 7.72. The van der Waals surface area contributed by atoms with E-state index in [9.17, 15) is 0 Å². The van der Waals surface area contributed by atoms with Crippen LogP contribution in [-0.4, -0.2) is 5.11 Å². The maximum absolute atomic E-state index is 9.06. The van der Waals surface area contributed by atoms with E-state index < -0.39 is 0 Å². The SMILES string of the molecule is C=C(O)C1CC(C(C)(C)C)C1. The standard InChI is InChI=1S/C10H18O/c1-7(11)8-5-9(6-8)10(2,3)4/h8-9,11H,1,5-6H2,2-4H3. The Morgan fingerprint density at radius 3 is 2.09 bits per heavy atom. The number of aliphatic hydroxyl groups is 1. The van der Waals surface area contributed by atoms with E-state index in [1.165, 1.54) is 0 Å². The molecular weight excluding hydrogens is 136 g/mol. The number of aliphatic hydroxyl groups excluding tert-OH is 1. The third-order valence-electron chi connectivity index (χ3n) is 2.83. The maximum atomic E-state index is 9.06. The lowest BCUT2D eigenvalue weighted by atomic mass is 9.63. The van der Waals surface area contributed by atoms with Crippen molar-refractivity contribution < 1.29 is 5.11 Å². The van der Waals surface area contributed by atoms with Gasteiger partial charge in [-0.3, -0.25) is 0 Å². The number of hydrogen-bond acceptors (Lipinski definition) is 1. The highest BCUT2D eigenvalue weighted by Gasteiger charge is 2.38. The lowest BCUT2D eigenvalue weighted by Gasteiger charge is -2.43. The van der Waals surface area contributed by atoms with Crippen LogP contribution in [0.2, 0.25) is 0 Å². The van der Waals surface area contributed by atoms with Crippen LogP contribution in [0.5, 0.6) is 0 Å². The molecule has 0 bridgehead atoms. The van der Waals surface area contributed by atoms with E-state index in [1.807, 2.05) is 0 Å². The third-order valence-corrected chi connectivity index (χ3v) is 2.83. The van der Waals surface area contributed by atoms with Gasteiger partial charge in [-0.15, -0.1) is 0 Å². The van der Waals surface area contributed by atoms with E-state index in [1.54, 1.807) is 0 Å². The molecule has 1 N–H and O–H groups in total. The largest absolute Gasteiger partial charge is 0.513 e. The van der Waals surface area contributed by atoms with Crippen molar-refractivity contribution in [3.05, 3.63) is 12.3 Å². The van der Waals surface area contributed by atoms with Crippen LogP contribution in [0.4, 0.5) is 0 Å². The third kappa shape index (κ3) is 1.76. The Balaban J connectivity index is 2.35. The minimum atomic E-state index is 0.380. The van der Waals surface area contributed by atoms with Gasteiger partial charge in [0.1, 0.15) is 0 Å². The zero-order chi connectivity index (χ0) is 8.65. The Kier molecular flexibility index (Phi) is 2.00. The molecule has 0 aromatic heterocycles.